The summed E-state index contributed by atoms with van der Waals surface area (Å²) >= 11 is 0. The van der Waals surface area contributed by atoms with Gasteiger partial charge in [-0.15, -0.1) is 0 Å². The fraction of sp³-hybridized carbons (Fsp3) is 0.708. The van der Waals surface area contributed by atoms with E-state index in [1.165, 1.54) is 12.8 Å². The standard InChI is InChI=1S/C24H42N4O/c1-6-20-9-7-8-15-27(20)23(26)28(18-24(4,5)17-25)21-10-12-22(13-11-21)29-16-14-19(2)3/h10-13,19-20,26H,6-9,14-18,25H2,1-5H3. The molecule has 1 atom stereocenters. The van der Waals surface area contributed by atoms with Gasteiger partial charge in [-0.2, -0.15) is 0 Å². The van der Waals surface area contributed by atoms with E-state index in [1.54, 1.807) is 0 Å². The lowest BCUT2D eigenvalue weighted by atomic mass is 9.92. The van der Waals surface area contributed by atoms with Crippen molar-refractivity contribution in [1.82, 2.24) is 4.90 Å². The van der Waals surface area contributed by atoms with Crippen LogP contribution in [0.3, 0.4) is 0 Å². The molecule has 1 unspecified atom stereocenters. The van der Waals surface area contributed by atoms with Crippen molar-refractivity contribution < 1.29 is 4.74 Å². The number of benzene rings is 1. The molecule has 0 aromatic heterocycles. The maximum Gasteiger partial charge on any atom is 0.198 e. The van der Waals surface area contributed by atoms with Gasteiger partial charge in [0.1, 0.15) is 5.75 Å². The van der Waals surface area contributed by atoms with Crippen molar-refractivity contribution in [3.8, 4) is 5.75 Å². The maximum atomic E-state index is 9.06. The van der Waals surface area contributed by atoms with Crippen molar-refractivity contribution in [3.63, 3.8) is 0 Å². The lowest BCUT2D eigenvalue weighted by Gasteiger charge is -2.43. The van der Waals surface area contributed by atoms with Crippen LogP contribution in [0.4, 0.5) is 5.69 Å². The summed E-state index contributed by atoms with van der Waals surface area (Å²) in [5.74, 6) is 2.13. The quantitative estimate of drug-likeness (QED) is 0.445. The molecule has 1 aromatic carbocycles. The van der Waals surface area contributed by atoms with E-state index in [2.05, 4.69) is 56.6 Å². The zero-order valence-corrected chi connectivity index (χ0v) is 19.2. The Bertz CT molecular complexity index is 626. The van der Waals surface area contributed by atoms with Crippen LogP contribution in [-0.2, 0) is 0 Å². The number of likely N-dealkylation sites (tertiary alicyclic amines) is 1. The van der Waals surface area contributed by atoms with E-state index < -0.39 is 0 Å². The third-order valence-electron chi connectivity index (χ3n) is 5.88. The fourth-order valence-corrected chi connectivity index (χ4v) is 3.77. The van der Waals surface area contributed by atoms with E-state index >= 15 is 0 Å². The summed E-state index contributed by atoms with van der Waals surface area (Å²) in [6.45, 7) is 14.0. The minimum atomic E-state index is -0.0732. The predicted molar refractivity (Wildman–Crippen MR) is 124 cm³/mol. The Hall–Kier alpha value is -1.75. The monoisotopic (exact) mass is 402 g/mol. The van der Waals surface area contributed by atoms with E-state index in [0.717, 1.165) is 50.4 Å². The van der Waals surface area contributed by atoms with Gasteiger partial charge in [-0.3, -0.25) is 5.41 Å². The molecule has 0 saturated carbocycles. The van der Waals surface area contributed by atoms with Gasteiger partial charge in [0.15, 0.2) is 5.96 Å². The highest BCUT2D eigenvalue weighted by Gasteiger charge is 2.30. The van der Waals surface area contributed by atoms with Crippen LogP contribution in [0.15, 0.2) is 24.3 Å². The molecule has 0 bridgehead atoms. The molecular weight excluding hydrogens is 360 g/mol. The number of nitrogens with two attached hydrogens (primary N) is 1. The average molecular weight is 403 g/mol. The van der Waals surface area contributed by atoms with Crippen LogP contribution in [0, 0.1) is 16.7 Å². The number of ether oxygens (including phenoxy) is 1. The molecule has 1 saturated heterocycles. The number of anilines is 1. The average Bonchev–Trinajstić information content (AvgIpc) is 2.72. The van der Waals surface area contributed by atoms with Gasteiger partial charge < -0.3 is 20.3 Å². The van der Waals surface area contributed by atoms with Crippen LogP contribution < -0.4 is 15.4 Å². The van der Waals surface area contributed by atoms with E-state index in [9.17, 15) is 0 Å². The van der Waals surface area contributed by atoms with E-state index in [1.807, 2.05) is 12.1 Å². The largest absolute Gasteiger partial charge is 0.494 e. The lowest BCUT2D eigenvalue weighted by Crippen LogP contribution is -2.53. The van der Waals surface area contributed by atoms with Crippen LogP contribution in [-0.4, -0.2) is 43.1 Å². The van der Waals surface area contributed by atoms with Gasteiger partial charge in [0.2, 0.25) is 0 Å². The summed E-state index contributed by atoms with van der Waals surface area (Å²) in [6, 6.07) is 8.67. The Morgan fingerprint density at radius 1 is 1.28 bits per heavy atom. The molecule has 1 aliphatic rings. The van der Waals surface area contributed by atoms with Gasteiger partial charge in [0.25, 0.3) is 0 Å². The van der Waals surface area contributed by atoms with E-state index in [-0.39, 0.29) is 5.41 Å². The van der Waals surface area contributed by atoms with Gasteiger partial charge in [-0.1, -0.05) is 34.6 Å². The minimum Gasteiger partial charge on any atom is -0.494 e. The highest BCUT2D eigenvalue weighted by molar-refractivity contribution is 5.94. The first kappa shape index (κ1) is 23.5. The summed E-state index contributed by atoms with van der Waals surface area (Å²) in [5.41, 5.74) is 7.00. The van der Waals surface area contributed by atoms with Crippen LogP contribution in [0.5, 0.6) is 5.75 Å². The Balaban J connectivity index is 2.20. The first-order valence-electron chi connectivity index (χ1n) is 11.3. The molecule has 0 spiro atoms. The van der Waals surface area contributed by atoms with Crippen LogP contribution in [0.25, 0.3) is 0 Å². The summed E-state index contributed by atoms with van der Waals surface area (Å²) < 4.78 is 5.88. The molecular formula is C24H42N4O. The molecule has 164 valence electrons. The predicted octanol–water partition coefficient (Wildman–Crippen LogP) is 5.10. The van der Waals surface area contributed by atoms with E-state index in [0.29, 0.717) is 24.5 Å². The normalized spacial score (nSPS) is 17.5. The molecule has 29 heavy (non-hydrogen) atoms. The zero-order chi connectivity index (χ0) is 21.4. The molecule has 1 heterocycles. The number of piperidine rings is 1. The molecule has 1 fully saturated rings. The molecule has 1 aliphatic heterocycles. The molecule has 0 amide bonds. The highest BCUT2D eigenvalue weighted by atomic mass is 16.5. The van der Waals surface area contributed by atoms with Gasteiger partial charge in [-0.05, 0) is 74.2 Å². The summed E-state index contributed by atoms with van der Waals surface area (Å²) in [4.78, 5) is 4.43. The first-order valence-corrected chi connectivity index (χ1v) is 11.3. The Labute approximate surface area is 178 Å². The summed E-state index contributed by atoms with van der Waals surface area (Å²) in [6.07, 6.45) is 5.74. The fourth-order valence-electron chi connectivity index (χ4n) is 3.77. The van der Waals surface area contributed by atoms with Gasteiger partial charge in [0.05, 0.1) is 6.61 Å². The van der Waals surface area contributed by atoms with Crippen molar-refractivity contribution in [2.24, 2.45) is 17.1 Å². The molecule has 2 rings (SSSR count). The second kappa shape index (κ2) is 10.9. The molecule has 1 aromatic rings. The SMILES string of the molecule is CCC1CCCCN1C(=N)N(CC(C)(C)CN)c1ccc(OCCC(C)C)cc1. The van der Waals surface area contributed by atoms with Gasteiger partial charge in [-0.25, -0.2) is 0 Å². The van der Waals surface area contributed by atoms with Crippen molar-refractivity contribution >= 4 is 11.6 Å². The number of hydrogen-bond acceptors (Lipinski definition) is 3. The van der Waals surface area contributed by atoms with Crippen molar-refractivity contribution in [1.29, 1.82) is 5.41 Å². The van der Waals surface area contributed by atoms with Crippen molar-refractivity contribution in [3.05, 3.63) is 24.3 Å². The number of guanidine groups is 1. The van der Waals surface area contributed by atoms with Crippen LogP contribution in [0.2, 0.25) is 0 Å². The molecule has 3 N–H and O–H groups in total. The topological polar surface area (TPSA) is 65.6 Å². The summed E-state index contributed by atoms with van der Waals surface area (Å²) in [7, 11) is 0. The smallest absolute Gasteiger partial charge is 0.198 e. The molecule has 0 aliphatic carbocycles. The highest BCUT2D eigenvalue weighted by Crippen LogP contribution is 2.28. The minimum absolute atomic E-state index is 0.0732. The number of rotatable bonds is 9. The van der Waals surface area contributed by atoms with E-state index in [4.69, 9.17) is 15.9 Å². The second-order valence-corrected chi connectivity index (χ2v) is 9.55. The third-order valence-corrected chi connectivity index (χ3v) is 5.88. The van der Waals surface area contributed by atoms with Crippen LogP contribution in [0.1, 0.15) is 66.7 Å². The van der Waals surface area contributed by atoms with Crippen molar-refractivity contribution in [2.45, 2.75) is 72.8 Å². The Morgan fingerprint density at radius 3 is 2.55 bits per heavy atom. The van der Waals surface area contributed by atoms with Gasteiger partial charge >= 0.3 is 0 Å². The zero-order valence-electron chi connectivity index (χ0n) is 19.2. The number of nitrogens with zero attached hydrogens (tertiary/aromatic N) is 2. The van der Waals surface area contributed by atoms with Crippen LogP contribution >= 0.6 is 0 Å². The summed E-state index contributed by atoms with van der Waals surface area (Å²) in [5, 5.41) is 9.06. The van der Waals surface area contributed by atoms with Gasteiger partial charge in [0, 0.05) is 24.8 Å². The third kappa shape index (κ3) is 6.91. The Morgan fingerprint density at radius 2 is 1.97 bits per heavy atom. The number of hydrogen-bond donors (Lipinski definition) is 2. The van der Waals surface area contributed by atoms with Crippen molar-refractivity contribution in [2.75, 3.05) is 31.1 Å². The molecule has 5 nitrogen and oxygen atoms in total. The first-order chi connectivity index (χ1) is 13.8. The maximum absolute atomic E-state index is 9.06. The lowest BCUT2D eigenvalue weighted by molar-refractivity contribution is 0.228. The second-order valence-electron chi connectivity index (χ2n) is 9.55. The Kier molecular flexibility index (Phi) is 8.81. The number of nitrogens with one attached hydrogen (secondary N) is 1. The molecule has 0 radical (unpaired) electrons. The molecule has 5 heteroatoms.